The number of carboxylic acid groups (broad SMARTS) is 1. The summed E-state index contributed by atoms with van der Waals surface area (Å²) in [5, 5.41) is 8.52. The predicted molar refractivity (Wildman–Crippen MR) is 52.8 cm³/mol. The van der Waals surface area contributed by atoms with Crippen molar-refractivity contribution in [2.75, 3.05) is 19.6 Å². The Bertz CT molecular complexity index is 194. The molecule has 0 spiro atoms. The number of nitrogens with two attached hydrogens (primary N) is 1. The normalized spacial score (nSPS) is 9.86. The lowest BCUT2D eigenvalue weighted by molar-refractivity contribution is -0.144. The van der Waals surface area contributed by atoms with Gasteiger partial charge in [0, 0.05) is 13.0 Å². The second-order valence-corrected chi connectivity index (χ2v) is 3.05. The van der Waals surface area contributed by atoms with Crippen molar-refractivity contribution in [2.24, 2.45) is 5.73 Å². The van der Waals surface area contributed by atoms with E-state index in [4.69, 9.17) is 10.8 Å². The molecule has 0 aliphatic carbocycles. The van der Waals surface area contributed by atoms with E-state index in [1.807, 2.05) is 0 Å². The molecular formula is C9H18N2O3. The maximum absolute atomic E-state index is 11.4. The minimum atomic E-state index is -0.973. The van der Waals surface area contributed by atoms with E-state index in [1.54, 1.807) is 6.92 Å². The van der Waals surface area contributed by atoms with Gasteiger partial charge in [-0.05, 0) is 26.3 Å². The number of amides is 1. The summed E-state index contributed by atoms with van der Waals surface area (Å²) in [5.41, 5.74) is 5.29. The zero-order valence-electron chi connectivity index (χ0n) is 8.53. The molecule has 0 rings (SSSR count). The summed E-state index contributed by atoms with van der Waals surface area (Å²) in [7, 11) is 0. The summed E-state index contributed by atoms with van der Waals surface area (Å²) in [5.74, 6) is -1.08. The van der Waals surface area contributed by atoms with Crippen LogP contribution in [0.3, 0.4) is 0 Å². The number of hydrogen-bond acceptors (Lipinski definition) is 3. The van der Waals surface area contributed by atoms with Crippen molar-refractivity contribution in [3.05, 3.63) is 0 Å². The maximum atomic E-state index is 11.4. The van der Waals surface area contributed by atoms with Gasteiger partial charge in [-0.25, -0.2) is 0 Å². The molecule has 5 nitrogen and oxygen atoms in total. The number of carbonyl (C=O) groups is 2. The Morgan fingerprint density at radius 2 is 2.00 bits per heavy atom. The van der Waals surface area contributed by atoms with Crippen molar-refractivity contribution in [2.45, 2.75) is 26.2 Å². The van der Waals surface area contributed by atoms with E-state index < -0.39 is 5.97 Å². The molecule has 0 aromatic carbocycles. The van der Waals surface area contributed by atoms with Crippen LogP contribution >= 0.6 is 0 Å². The third-order valence-corrected chi connectivity index (χ3v) is 1.91. The number of aliphatic carboxylic acids is 1. The highest BCUT2D eigenvalue weighted by atomic mass is 16.4. The average Bonchev–Trinajstić information content (AvgIpc) is 2.14. The Balaban J connectivity index is 3.85. The van der Waals surface area contributed by atoms with Gasteiger partial charge in [-0.15, -0.1) is 0 Å². The van der Waals surface area contributed by atoms with Crippen molar-refractivity contribution in [1.82, 2.24) is 4.90 Å². The van der Waals surface area contributed by atoms with Crippen LogP contribution in [0.25, 0.3) is 0 Å². The minimum Gasteiger partial charge on any atom is -0.480 e. The Morgan fingerprint density at radius 3 is 2.43 bits per heavy atom. The van der Waals surface area contributed by atoms with E-state index in [0.29, 0.717) is 19.5 Å². The molecule has 0 radical (unpaired) electrons. The Labute approximate surface area is 83.9 Å². The zero-order valence-corrected chi connectivity index (χ0v) is 8.53. The summed E-state index contributed by atoms with van der Waals surface area (Å²) >= 11 is 0. The van der Waals surface area contributed by atoms with Crippen LogP contribution in [0.5, 0.6) is 0 Å². The van der Waals surface area contributed by atoms with Crippen molar-refractivity contribution in [3.63, 3.8) is 0 Å². The van der Waals surface area contributed by atoms with Crippen molar-refractivity contribution < 1.29 is 14.7 Å². The summed E-state index contributed by atoms with van der Waals surface area (Å²) in [4.78, 5) is 23.1. The van der Waals surface area contributed by atoms with E-state index in [9.17, 15) is 9.59 Å². The molecule has 0 saturated carbocycles. The van der Waals surface area contributed by atoms with Gasteiger partial charge in [-0.2, -0.15) is 0 Å². The lowest BCUT2D eigenvalue weighted by Gasteiger charge is -2.18. The van der Waals surface area contributed by atoms with E-state index in [2.05, 4.69) is 0 Å². The van der Waals surface area contributed by atoms with Gasteiger partial charge in [-0.3, -0.25) is 9.59 Å². The van der Waals surface area contributed by atoms with E-state index >= 15 is 0 Å². The summed E-state index contributed by atoms with van der Waals surface area (Å²) < 4.78 is 0. The maximum Gasteiger partial charge on any atom is 0.323 e. The minimum absolute atomic E-state index is 0.108. The van der Waals surface area contributed by atoms with Crippen LogP contribution in [-0.2, 0) is 9.59 Å². The summed E-state index contributed by atoms with van der Waals surface area (Å²) in [6.45, 7) is 2.56. The first-order valence-electron chi connectivity index (χ1n) is 4.81. The fourth-order valence-corrected chi connectivity index (χ4v) is 1.12. The lowest BCUT2D eigenvalue weighted by Crippen LogP contribution is -2.35. The van der Waals surface area contributed by atoms with Gasteiger partial charge >= 0.3 is 5.97 Å². The monoisotopic (exact) mass is 202 g/mol. The van der Waals surface area contributed by atoms with Crippen molar-refractivity contribution in [1.29, 1.82) is 0 Å². The topological polar surface area (TPSA) is 83.6 Å². The smallest absolute Gasteiger partial charge is 0.323 e. The van der Waals surface area contributed by atoms with Crippen LogP contribution < -0.4 is 5.73 Å². The number of carbonyl (C=O) groups excluding carboxylic acids is 1. The van der Waals surface area contributed by atoms with E-state index in [1.165, 1.54) is 4.90 Å². The fraction of sp³-hybridized carbons (Fsp3) is 0.778. The molecule has 0 fully saturated rings. The molecule has 5 heteroatoms. The third-order valence-electron chi connectivity index (χ3n) is 1.91. The molecule has 0 aliphatic rings. The molecule has 0 bridgehead atoms. The summed E-state index contributed by atoms with van der Waals surface area (Å²) in [6, 6.07) is 0. The van der Waals surface area contributed by atoms with E-state index in [0.717, 1.165) is 12.8 Å². The molecule has 0 aromatic heterocycles. The highest BCUT2D eigenvalue weighted by molar-refractivity contribution is 5.81. The number of rotatable bonds is 7. The highest BCUT2D eigenvalue weighted by Crippen LogP contribution is 2.00. The first-order valence-corrected chi connectivity index (χ1v) is 4.81. The van der Waals surface area contributed by atoms with Crippen LogP contribution in [0.15, 0.2) is 0 Å². The molecular weight excluding hydrogens is 184 g/mol. The predicted octanol–water partition coefficient (Wildman–Crippen LogP) is 0.0485. The molecule has 0 aliphatic heterocycles. The largest absolute Gasteiger partial charge is 0.480 e. The first kappa shape index (κ1) is 12.9. The molecule has 3 N–H and O–H groups in total. The van der Waals surface area contributed by atoms with Gasteiger partial charge in [0.25, 0.3) is 0 Å². The standard InChI is InChI=1S/C9H18N2O3/c1-2-11(7-9(13)14)8(12)5-3-4-6-10/h2-7,10H2,1H3,(H,13,14). The molecule has 0 unspecified atom stereocenters. The second kappa shape index (κ2) is 7.32. The molecule has 0 heterocycles. The molecule has 14 heavy (non-hydrogen) atoms. The Hall–Kier alpha value is -1.10. The van der Waals surface area contributed by atoms with Gasteiger partial charge in [-0.1, -0.05) is 0 Å². The quantitative estimate of drug-likeness (QED) is 0.571. The van der Waals surface area contributed by atoms with Crippen LogP contribution in [-0.4, -0.2) is 41.5 Å². The van der Waals surface area contributed by atoms with Crippen LogP contribution in [0.1, 0.15) is 26.2 Å². The number of likely N-dealkylation sites (N-methyl/N-ethyl adjacent to an activating group) is 1. The molecule has 1 amide bonds. The first-order chi connectivity index (χ1) is 6.61. The van der Waals surface area contributed by atoms with Gasteiger partial charge in [0.2, 0.25) is 5.91 Å². The third kappa shape index (κ3) is 5.53. The second-order valence-electron chi connectivity index (χ2n) is 3.05. The fourth-order valence-electron chi connectivity index (χ4n) is 1.12. The number of hydrogen-bond donors (Lipinski definition) is 2. The van der Waals surface area contributed by atoms with Crippen LogP contribution in [0.2, 0.25) is 0 Å². The summed E-state index contributed by atoms with van der Waals surface area (Å²) in [6.07, 6.45) is 1.92. The number of unbranched alkanes of at least 4 members (excludes halogenated alkanes) is 1. The number of carboxylic acids is 1. The van der Waals surface area contributed by atoms with Gasteiger partial charge in [0.15, 0.2) is 0 Å². The average molecular weight is 202 g/mol. The van der Waals surface area contributed by atoms with E-state index in [-0.39, 0.29) is 12.5 Å². The highest BCUT2D eigenvalue weighted by Gasteiger charge is 2.13. The molecule has 0 aromatic rings. The van der Waals surface area contributed by atoms with Gasteiger partial charge < -0.3 is 15.7 Å². The van der Waals surface area contributed by atoms with Crippen molar-refractivity contribution >= 4 is 11.9 Å². The zero-order chi connectivity index (χ0) is 11.0. The molecule has 82 valence electrons. The van der Waals surface area contributed by atoms with Crippen LogP contribution in [0, 0.1) is 0 Å². The SMILES string of the molecule is CCN(CC(=O)O)C(=O)CCCCN. The van der Waals surface area contributed by atoms with Crippen LogP contribution in [0.4, 0.5) is 0 Å². The van der Waals surface area contributed by atoms with Gasteiger partial charge in [0.05, 0.1) is 0 Å². The molecule has 0 atom stereocenters. The van der Waals surface area contributed by atoms with Gasteiger partial charge in [0.1, 0.15) is 6.54 Å². The lowest BCUT2D eigenvalue weighted by atomic mass is 10.2. The Kier molecular flexibility index (Phi) is 6.74. The number of nitrogens with zero attached hydrogens (tertiary/aromatic N) is 1. The molecule has 0 saturated heterocycles. The Morgan fingerprint density at radius 1 is 1.36 bits per heavy atom. The van der Waals surface area contributed by atoms with Crippen molar-refractivity contribution in [3.8, 4) is 0 Å².